The lowest BCUT2D eigenvalue weighted by Crippen LogP contribution is -2.13. The van der Waals surface area contributed by atoms with Gasteiger partial charge < -0.3 is 15.8 Å². The maximum absolute atomic E-state index is 5.59. The average molecular weight is 262 g/mol. The van der Waals surface area contributed by atoms with Crippen molar-refractivity contribution in [2.75, 3.05) is 24.2 Å². The van der Waals surface area contributed by atoms with Crippen LogP contribution in [0.3, 0.4) is 0 Å². The van der Waals surface area contributed by atoms with Crippen molar-refractivity contribution in [2.45, 2.75) is 20.4 Å². The zero-order chi connectivity index (χ0) is 13.7. The zero-order valence-corrected chi connectivity index (χ0v) is 11.1. The van der Waals surface area contributed by atoms with Gasteiger partial charge in [0.25, 0.3) is 0 Å². The number of aromatic nitrogens is 4. The molecule has 0 aliphatic rings. The SMILES string of the molecule is CCOc1cc(C)nc(NCCn2cc(N)cn2)n1. The van der Waals surface area contributed by atoms with Crippen molar-refractivity contribution >= 4 is 11.6 Å². The van der Waals surface area contributed by atoms with Crippen LogP contribution in [0.5, 0.6) is 5.88 Å². The summed E-state index contributed by atoms with van der Waals surface area (Å²) in [5.74, 6) is 1.14. The first-order valence-electron chi connectivity index (χ1n) is 6.17. The van der Waals surface area contributed by atoms with E-state index in [1.165, 1.54) is 0 Å². The molecule has 102 valence electrons. The molecule has 0 amide bonds. The van der Waals surface area contributed by atoms with E-state index >= 15 is 0 Å². The van der Waals surface area contributed by atoms with Crippen LogP contribution in [0.1, 0.15) is 12.6 Å². The molecule has 7 nitrogen and oxygen atoms in total. The first-order valence-corrected chi connectivity index (χ1v) is 6.17. The smallest absolute Gasteiger partial charge is 0.226 e. The van der Waals surface area contributed by atoms with Crippen LogP contribution in [0.2, 0.25) is 0 Å². The minimum atomic E-state index is 0.559. The van der Waals surface area contributed by atoms with E-state index in [0.717, 1.165) is 5.69 Å². The molecule has 0 saturated heterocycles. The maximum atomic E-state index is 5.59. The van der Waals surface area contributed by atoms with Crippen molar-refractivity contribution in [1.29, 1.82) is 0 Å². The van der Waals surface area contributed by atoms with Gasteiger partial charge in [-0.2, -0.15) is 10.1 Å². The fourth-order valence-corrected chi connectivity index (χ4v) is 1.62. The van der Waals surface area contributed by atoms with E-state index in [0.29, 0.717) is 37.2 Å². The predicted octanol–water partition coefficient (Wildman–Crippen LogP) is 1.07. The summed E-state index contributed by atoms with van der Waals surface area (Å²) in [5, 5.41) is 7.24. The van der Waals surface area contributed by atoms with Crippen LogP contribution in [0.4, 0.5) is 11.6 Å². The Bertz CT molecular complexity index is 539. The molecule has 0 spiro atoms. The summed E-state index contributed by atoms with van der Waals surface area (Å²) in [6, 6.07) is 1.81. The Morgan fingerprint density at radius 3 is 2.95 bits per heavy atom. The first-order chi connectivity index (χ1) is 9.17. The molecule has 0 fully saturated rings. The largest absolute Gasteiger partial charge is 0.478 e. The average Bonchev–Trinajstić information content (AvgIpc) is 2.75. The normalized spacial score (nSPS) is 10.4. The Morgan fingerprint density at radius 1 is 1.42 bits per heavy atom. The molecule has 0 unspecified atom stereocenters. The Labute approximate surface area is 111 Å². The Morgan fingerprint density at radius 2 is 2.26 bits per heavy atom. The highest BCUT2D eigenvalue weighted by Gasteiger charge is 2.02. The predicted molar refractivity (Wildman–Crippen MR) is 73.1 cm³/mol. The molecule has 2 aromatic heterocycles. The van der Waals surface area contributed by atoms with Crippen molar-refractivity contribution in [3.8, 4) is 5.88 Å². The second kappa shape index (κ2) is 6.03. The summed E-state index contributed by atoms with van der Waals surface area (Å²) >= 11 is 0. The van der Waals surface area contributed by atoms with Crippen molar-refractivity contribution in [3.63, 3.8) is 0 Å². The van der Waals surface area contributed by atoms with E-state index < -0.39 is 0 Å². The van der Waals surface area contributed by atoms with Gasteiger partial charge in [-0.25, -0.2) is 4.98 Å². The topological polar surface area (TPSA) is 90.9 Å². The number of nitrogens with one attached hydrogen (secondary N) is 1. The van der Waals surface area contributed by atoms with E-state index in [9.17, 15) is 0 Å². The number of anilines is 2. The number of aryl methyl sites for hydroxylation is 1. The molecule has 0 bridgehead atoms. The number of hydrogen-bond donors (Lipinski definition) is 2. The molecule has 2 heterocycles. The van der Waals surface area contributed by atoms with E-state index in [-0.39, 0.29) is 0 Å². The molecule has 7 heteroatoms. The number of rotatable bonds is 6. The standard InChI is InChI=1S/C12H18N6O/c1-3-19-11-6-9(2)16-12(17-11)14-4-5-18-8-10(13)7-15-18/h6-8H,3-5,13H2,1-2H3,(H,14,16,17). The molecular weight excluding hydrogens is 244 g/mol. The van der Waals surface area contributed by atoms with E-state index in [2.05, 4.69) is 20.4 Å². The van der Waals surface area contributed by atoms with Crippen molar-refractivity contribution in [3.05, 3.63) is 24.2 Å². The summed E-state index contributed by atoms with van der Waals surface area (Å²) in [4.78, 5) is 8.56. The molecule has 0 radical (unpaired) electrons. The van der Waals surface area contributed by atoms with E-state index in [1.807, 2.05) is 19.9 Å². The van der Waals surface area contributed by atoms with Gasteiger partial charge in [-0.05, 0) is 13.8 Å². The van der Waals surface area contributed by atoms with Crippen LogP contribution in [0.25, 0.3) is 0 Å². The highest BCUT2D eigenvalue weighted by atomic mass is 16.5. The van der Waals surface area contributed by atoms with Crippen molar-refractivity contribution < 1.29 is 4.74 Å². The lowest BCUT2D eigenvalue weighted by Gasteiger charge is -2.08. The minimum absolute atomic E-state index is 0.559. The van der Waals surface area contributed by atoms with Crippen molar-refractivity contribution in [1.82, 2.24) is 19.7 Å². The summed E-state index contributed by atoms with van der Waals surface area (Å²) in [5.41, 5.74) is 7.11. The molecular formula is C12H18N6O. The molecule has 0 atom stereocenters. The van der Waals surface area contributed by atoms with Crippen LogP contribution in [-0.2, 0) is 6.54 Å². The number of nitrogens with two attached hydrogens (primary N) is 1. The quantitative estimate of drug-likeness (QED) is 0.809. The number of hydrogen-bond acceptors (Lipinski definition) is 6. The van der Waals surface area contributed by atoms with Crippen molar-refractivity contribution in [2.24, 2.45) is 0 Å². The second-order valence-electron chi connectivity index (χ2n) is 4.07. The van der Waals surface area contributed by atoms with Crippen LogP contribution in [0.15, 0.2) is 18.5 Å². The fourth-order valence-electron chi connectivity index (χ4n) is 1.62. The van der Waals surface area contributed by atoms with Crippen LogP contribution in [-0.4, -0.2) is 32.9 Å². The number of ether oxygens (including phenoxy) is 1. The number of nitrogen functional groups attached to an aromatic ring is 1. The van der Waals surface area contributed by atoms with Gasteiger partial charge in [-0.3, -0.25) is 4.68 Å². The second-order valence-corrected chi connectivity index (χ2v) is 4.07. The van der Waals surface area contributed by atoms with Crippen LogP contribution >= 0.6 is 0 Å². The number of nitrogens with zero attached hydrogens (tertiary/aromatic N) is 4. The molecule has 3 N–H and O–H groups in total. The van der Waals surface area contributed by atoms with Gasteiger partial charge in [0.2, 0.25) is 11.8 Å². The molecule has 0 aromatic carbocycles. The fraction of sp³-hybridized carbons (Fsp3) is 0.417. The lowest BCUT2D eigenvalue weighted by atomic mass is 10.4. The van der Waals surface area contributed by atoms with Gasteiger partial charge in [0.1, 0.15) is 0 Å². The first kappa shape index (κ1) is 13.1. The Hall–Kier alpha value is -2.31. The summed E-state index contributed by atoms with van der Waals surface area (Å²) in [7, 11) is 0. The Balaban J connectivity index is 1.91. The Kier molecular flexibility index (Phi) is 4.17. The maximum Gasteiger partial charge on any atom is 0.226 e. The third-order valence-corrected chi connectivity index (χ3v) is 2.40. The summed E-state index contributed by atoms with van der Waals surface area (Å²) in [6.45, 7) is 5.77. The van der Waals surface area contributed by atoms with Crippen LogP contribution < -0.4 is 15.8 Å². The van der Waals surface area contributed by atoms with Gasteiger partial charge in [-0.1, -0.05) is 0 Å². The molecule has 2 rings (SSSR count). The van der Waals surface area contributed by atoms with Crippen LogP contribution in [0, 0.1) is 6.92 Å². The van der Waals surface area contributed by atoms with E-state index in [1.54, 1.807) is 17.1 Å². The monoisotopic (exact) mass is 262 g/mol. The zero-order valence-electron chi connectivity index (χ0n) is 11.1. The molecule has 0 aliphatic heterocycles. The third-order valence-electron chi connectivity index (χ3n) is 2.40. The van der Waals surface area contributed by atoms with Gasteiger partial charge >= 0.3 is 0 Å². The van der Waals surface area contributed by atoms with Gasteiger partial charge in [0.05, 0.1) is 25.0 Å². The summed E-state index contributed by atoms with van der Waals surface area (Å²) < 4.78 is 7.14. The molecule has 0 saturated carbocycles. The third kappa shape index (κ3) is 3.84. The van der Waals surface area contributed by atoms with Gasteiger partial charge in [-0.15, -0.1) is 0 Å². The molecule has 19 heavy (non-hydrogen) atoms. The molecule has 0 aliphatic carbocycles. The minimum Gasteiger partial charge on any atom is -0.478 e. The van der Waals surface area contributed by atoms with E-state index in [4.69, 9.17) is 10.5 Å². The summed E-state index contributed by atoms with van der Waals surface area (Å²) in [6.07, 6.45) is 3.40. The van der Waals surface area contributed by atoms with Gasteiger partial charge in [0.15, 0.2) is 0 Å². The molecule has 2 aromatic rings. The lowest BCUT2D eigenvalue weighted by molar-refractivity contribution is 0.326. The highest BCUT2D eigenvalue weighted by Crippen LogP contribution is 2.11. The highest BCUT2D eigenvalue weighted by molar-refractivity contribution is 5.31. The van der Waals surface area contributed by atoms with Gasteiger partial charge in [0, 0.05) is 24.5 Å².